The van der Waals surface area contributed by atoms with Crippen LogP contribution in [-0.2, 0) is 0 Å². The third-order valence-corrected chi connectivity index (χ3v) is 2.01. The Labute approximate surface area is 68.5 Å². The van der Waals surface area contributed by atoms with Gasteiger partial charge in [0.2, 0.25) is 0 Å². The van der Waals surface area contributed by atoms with Gasteiger partial charge in [-0.05, 0) is 26.0 Å². The predicted octanol–water partition coefficient (Wildman–Crippen LogP) is 2.04. The summed E-state index contributed by atoms with van der Waals surface area (Å²) in [4.78, 5) is 0. The normalized spacial score (nSPS) is 19.3. The molecular weight excluding hydrogens is 134 g/mol. The monoisotopic (exact) mass is 149 g/mol. The van der Waals surface area contributed by atoms with Gasteiger partial charge in [0.1, 0.15) is 0 Å². The van der Waals surface area contributed by atoms with Crippen LogP contribution in [0.3, 0.4) is 0 Å². The van der Waals surface area contributed by atoms with E-state index in [1.54, 1.807) is 0 Å². The highest BCUT2D eigenvalue weighted by Gasteiger charge is 2.03. The highest BCUT2D eigenvalue weighted by molar-refractivity contribution is 5.26. The molecule has 11 heavy (non-hydrogen) atoms. The topological polar surface area (TPSA) is 12.0 Å². The Morgan fingerprint density at radius 1 is 1.36 bits per heavy atom. The highest BCUT2D eigenvalue weighted by Crippen LogP contribution is 2.10. The zero-order chi connectivity index (χ0) is 8.10. The molecule has 60 valence electrons. The average molecular weight is 149 g/mol. The Morgan fingerprint density at radius 2 is 2.18 bits per heavy atom. The summed E-state index contributed by atoms with van der Waals surface area (Å²) in [7, 11) is 1.99. The average Bonchev–Trinajstić information content (AvgIpc) is 2.30. The molecule has 0 saturated carbocycles. The molecule has 1 aliphatic rings. The molecule has 1 nitrogen and oxygen atoms in total. The molecule has 1 rings (SSSR count). The molecule has 0 aromatic heterocycles. The van der Waals surface area contributed by atoms with E-state index in [0.29, 0.717) is 6.04 Å². The fourth-order valence-electron chi connectivity index (χ4n) is 1.10. The van der Waals surface area contributed by atoms with Crippen LogP contribution in [0.25, 0.3) is 0 Å². The maximum Gasteiger partial charge on any atom is 0.0254 e. The minimum absolute atomic E-state index is 0.488. The fraction of sp³-hybridized carbons (Fsp3) is 0.400. The van der Waals surface area contributed by atoms with Gasteiger partial charge in [-0.3, -0.25) is 0 Å². The Hall–Kier alpha value is -0.820. The second-order valence-electron chi connectivity index (χ2n) is 2.77. The van der Waals surface area contributed by atoms with Gasteiger partial charge in [0.05, 0.1) is 0 Å². The molecule has 1 N–H and O–H groups in total. The minimum Gasteiger partial charge on any atom is -0.314 e. The van der Waals surface area contributed by atoms with Crippen LogP contribution in [0.15, 0.2) is 36.0 Å². The molecule has 1 aliphatic carbocycles. The molecule has 0 radical (unpaired) electrons. The third kappa shape index (κ3) is 2.35. The summed E-state index contributed by atoms with van der Waals surface area (Å²) in [6, 6.07) is 0.488. The van der Waals surface area contributed by atoms with Gasteiger partial charge in [0.15, 0.2) is 0 Å². The molecule has 0 bridgehead atoms. The first-order valence-corrected chi connectivity index (χ1v) is 4.04. The van der Waals surface area contributed by atoms with E-state index in [4.69, 9.17) is 0 Å². The number of rotatable bonds is 2. The van der Waals surface area contributed by atoms with Crippen molar-refractivity contribution in [2.75, 3.05) is 7.05 Å². The number of hydrogen-bond donors (Lipinski definition) is 1. The van der Waals surface area contributed by atoms with Crippen molar-refractivity contribution in [3.05, 3.63) is 36.0 Å². The van der Waals surface area contributed by atoms with Crippen LogP contribution in [0.2, 0.25) is 0 Å². The zero-order valence-electron chi connectivity index (χ0n) is 7.17. The molecule has 0 aliphatic heterocycles. The van der Waals surface area contributed by atoms with Crippen LogP contribution in [-0.4, -0.2) is 13.1 Å². The molecule has 1 heteroatoms. The summed E-state index contributed by atoms with van der Waals surface area (Å²) in [6.07, 6.45) is 11.7. The van der Waals surface area contributed by atoms with Gasteiger partial charge in [0, 0.05) is 6.04 Å². The molecule has 0 spiro atoms. The summed E-state index contributed by atoms with van der Waals surface area (Å²) < 4.78 is 0. The summed E-state index contributed by atoms with van der Waals surface area (Å²) in [5, 5.41) is 3.23. The predicted molar refractivity (Wildman–Crippen MR) is 49.5 cm³/mol. The molecule has 1 atom stereocenters. The maximum atomic E-state index is 3.23. The van der Waals surface area contributed by atoms with Crippen molar-refractivity contribution in [3.63, 3.8) is 0 Å². The molecule has 0 unspecified atom stereocenters. The Balaban J connectivity index is 2.64. The van der Waals surface area contributed by atoms with Crippen LogP contribution in [0, 0.1) is 0 Å². The second kappa shape index (κ2) is 4.14. The Bertz CT molecular complexity index is 199. The first kappa shape index (κ1) is 8.28. The third-order valence-electron chi connectivity index (χ3n) is 2.01. The largest absolute Gasteiger partial charge is 0.314 e. The quantitative estimate of drug-likeness (QED) is 0.633. The van der Waals surface area contributed by atoms with Crippen molar-refractivity contribution < 1.29 is 0 Å². The van der Waals surface area contributed by atoms with E-state index in [1.165, 1.54) is 5.57 Å². The van der Waals surface area contributed by atoms with Crippen molar-refractivity contribution in [2.45, 2.75) is 19.4 Å². The molecule has 0 saturated heterocycles. The van der Waals surface area contributed by atoms with E-state index in [2.05, 4.69) is 42.6 Å². The molecule has 0 aromatic carbocycles. The lowest BCUT2D eigenvalue weighted by Crippen LogP contribution is -2.23. The molecular formula is C10H15N. The molecule has 0 fully saturated rings. The zero-order valence-corrected chi connectivity index (χ0v) is 7.17. The first-order valence-electron chi connectivity index (χ1n) is 4.04. The van der Waals surface area contributed by atoms with E-state index >= 15 is 0 Å². The lowest BCUT2D eigenvalue weighted by Gasteiger charge is -2.12. The van der Waals surface area contributed by atoms with Gasteiger partial charge in [-0.2, -0.15) is 0 Å². The van der Waals surface area contributed by atoms with E-state index in [1.807, 2.05) is 7.05 Å². The van der Waals surface area contributed by atoms with E-state index in [-0.39, 0.29) is 0 Å². The number of hydrogen-bond acceptors (Lipinski definition) is 1. The summed E-state index contributed by atoms with van der Waals surface area (Å²) in [6.45, 7) is 2.18. The van der Waals surface area contributed by atoms with Gasteiger partial charge in [-0.15, -0.1) is 0 Å². The van der Waals surface area contributed by atoms with Crippen LogP contribution in [0.4, 0.5) is 0 Å². The highest BCUT2D eigenvalue weighted by atomic mass is 14.9. The number of allylic oxidation sites excluding steroid dienone is 5. The molecule has 0 amide bonds. The van der Waals surface area contributed by atoms with Crippen LogP contribution in [0.5, 0.6) is 0 Å². The van der Waals surface area contributed by atoms with E-state index < -0.39 is 0 Å². The van der Waals surface area contributed by atoms with Crippen molar-refractivity contribution in [3.8, 4) is 0 Å². The maximum absolute atomic E-state index is 3.23. The van der Waals surface area contributed by atoms with E-state index in [9.17, 15) is 0 Å². The smallest absolute Gasteiger partial charge is 0.0254 e. The van der Waals surface area contributed by atoms with E-state index in [0.717, 1.165) is 6.42 Å². The van der Waals surface area contributed by atoms with Crippen LogP contribution >= 0.6 is 0 Å². The lowest BCUT2D eigenvalue weighted by molar-refractivity contribution is 0.680. The lowest BCUT2D eigenvalue weighted by atomic mass is 10.1. The van der Waals surface area contributed by atoms with Crippen LogP contribution in [0.1, 0.15) is 13.3 Å². The SMILES string of the molecule is CN[C@@H](C)C1=CC=CC=CC1. The fourth-order valence-corrected chi connectivity index (χ4v) is 1.10. The first-order chi connectivity index (χ1) is 5.34. The molecule has 0 aromatic rings. The van der Waals surface area contributed by atoms with Crippen LogP contribution < -0.4 is 5.32 Å². The van der Waals surface area contributed by atoms with Gasteiger partial charge in [0.25, 0.3) is 0 Å². The minimum atomic E-state index is 0.488. The number of likely N-dealkylation sites (N-methyl/N-ethyl adjacent to an activating group) is 1. The molecule has 0 heterocycles. The summed E-state index contributed by atoms with van der Waals surface area (Å²) in [5.74, 6) is 0. The Kier molecular flexibility index (Phi) is 3.12. The second-order valence-corrected chi connectivity index (χ2v) is 2.77. The van der Waals surface area contributed by atoms with Crippen molar-refractivity contribution >= 4 is 0 Å². The number of nitrogens with one attached hydrogen (secondary N) is 1. The summed E-state index contributed by atoms with van der Waals surface area (Å²) in [5.41, 5.74) is 1.44. The summed E-state index contributed by atoms with van der Waals surface area (Å²) >= 11 is 0. The van der Waals surface area contributed by atoms with Gasteiger partial charge >= 0.3 is 0 Å². The van der Waals surface area contributed by atoms with Crippen molar-refractivity contribution in [2.24, 2.45) is 0 Å². The standard InChI is InChI=1S/C10H15N/c1-9(11-2)10-7-5-3-4-6-8-10/h3-7,9,11H,8H2,1-2H3/t9-/m0/s1. The van der Waals surface area contributed by atoms with Gasteiger partial charge < -0.3 is 5.32 Å². The Morgan fingerprint density at radius 3 is 2.91 bits per heavy atom. The van der Waals surface area contributed by atoms with Gasteiger partial charge in [-0.1, -0.05) is 30.4 Å². The van der Waals surface area contributed by atoms with Crippen molar-refractivity contribution in [1.82, 2.24) is 5.32 Å². The van der Waals surface area contributed by atoms with Crippen molar-refractivity contribution in [1.29, 1.82) is 0 Å². The van der Waals surface area contributed by atoms with Gasteiger partial charge in [-0.25, -0.2) is 0 Å².